The lowest BCUT2D eigenvalue weighted by Gasteiger charge is -2.33. The van der Waals surface area contributed by atoms with Gasteiger partial charge in [0.15, 0.2) is 5.13 Å². The van der Waals surface area contributed by atoms with Crippen LogP contribution in [0.15, 0.2) is 5.38 Å². The smallest absolute Gasteiger partial charge is 0.185 e. The van der Waals surface area contributed by atoms with Crippen molar-refractivity contribution in [1.29, 1.82) is 0 Å². The number of nitrogens with zero attached hydrogens (tertiary/aromatic N) is 3. The highest BCUT2D eigenvalue weighted by Gasteiger charge is 2.28. The van der Waals surface area contributed by atoms with Gasteiger partial charge in [0.25, 0.3) is 0 Å². The van der Waals surface area contributed by atoms with E-state index in [2.05, 4.69) is 22.2 Å². The number of piperidine rings is 1. The van der Waals surface area contributed by atoms with Gasteiger partial charge < -0.3 is 10.0 Å². The summed E-state index contributed by atoms with van der Waals surface area (Å²) >= 11 is 1.75. The summed E-state index contributed by atoms with van der Waals surface area (Å²) in [5.74, 6) is 0. The van der Waals surface area contributed by atoms with Crippen LogP contribution >= 0.6 is 11.3 Å². The summed E-state index contributed by atoms with van der Waals surface area (Å²) in [4.78, 5) is 9.46. The predicted octanol–water partition coefficient (Wildman–Crippen LogP) is 2.09. The summed E-state index contributed by atoms with van der Waals surface area (Å²) < 4.78 is 0. The average Bonchev–Trinajstić information content (AvgIpc) is 3.19. The maximum absolute atomic E-state index is 9.45. The minimum atomic E-state index is 0.277. The molecule has 0 amide bonds. The van der Waals surface area contributed by atoms with E-state index in [1.165, 1.54) is 25.7 Å². The van der Waals surface area contributed by atoms with Crippen LogP contribution in [-0.2, 0) is 6.54 Å². The van der Waals surface area contributed by atoms with Crippen LogP contribution in [0.25, 0.3) is 0 Å². The van der Waals surface area contributed by atoms with Crippen LogP contribution in [0.4, 0.5) is 5.13 Å². The number of likely N-dealkylation sites (tertiary alicyclic amines) is 1. The lowest BCUT2D eigenvalue weighted by molar-refractivity contribution is 0.0832. The summed E-state index contributed by atoms with van der Waals surface area (Å²) in [5.41, 5.74) is 1.16. The van der Waals surface area contributed by atoms with Crippen molar-refractivity contribution in [2.24, 2.45) is 0 Å². The fourth-order valence-electron chi connectivity index (χ4n) is 2.83. The predicted molar refractivity (Wildman–Crippen MR) is 78.7 cm³/mol. The number of hydrogen-bond acceptors (Lipinski definition) is 5. The zero-order valence-electron chi connectivity index (χ0n) is 11.6. The zero-order valence-corrected chi connectivity index (χ0v) is 12.4. The van der Waals surface area contributed by atoms with E-state index in [9.17, 15) is 5.11 Å². The Morgan fingerprint density at radius 2 is 2.26 bits per heavy atom. The first kappa shape index (κ1) is 13.3. The van der Waals surface area contributed by atoms with Crippen molar-refractivity contribution in [3.8, 4) is 0 Å². The van der Waals surface area contributed by atoms with Crippen LogP contribution in [0.5, 0.6) is 0 Å². The number of rotatable bonds is 5. The van der Waals surface area contributed by atoms with E-state index in [1.54, 1.807) is 11.3 Å². The number of thiazole rings is 1. The quantitative estimate of drug-likeness (QED) is 0.897. The molecule has 2 aliphatic rings. The van der Waals surface area contributed by atoms with Gasteiger partial charge in [-0.3, -0.25) is 4.90 Å². The van der Waals surface area contributed by atoms with Gasteiger partial charge in [0.1, 0.15) is 0 Å². The normalized spacial score (nSPS) is 24.6. The molecule has 19 heavy (non-hydrogen) atoms. The van der Waals surface area contributed by atoms with Gasteiger partial charge in [-0.25, -0.2) is 4.98 Å². The number of aliphatic hydroxyl groups excluding tert-OH is 1. The highest BCUT2D eigenvalue weighted by molar-refractivity contribution is 7.13. The Balaban J connectivity index is 1.62. The molecule has 1 unspecified atom stereocenters. The van der Waals surface area contributed by atoms with Crippen molar-refractivity contribution < 1.29 is 5.11 Å². The molecule has 1 saturated carbocycles. The number of aromatic nitrogens is 1. The maximum atomic E-state index is 9.45. The van der Waals surface area contributed by atoms with Crippen molar-refractivity contribution in [1.82, 2.24) is 9.88 Å². The molecule has 0 spiro atoms. The Morgan fingerprint density at radius 1 is 1.42 bits per heavy atom. The molecule has 4 nitrogen and oxygen atoms in total. The Kier molecular flexibility index (Phi) is 4.05. The standard InChI is InChI=1S/C14H23N3OS/c1-16(12-5-6-12)14-15-11(10-19-14)8-17-7-3-2-4-13(17)9-18/h10,12-13,18H,2-9H2,1H3. The Bertz CT molecular complexity index is 419. The van der Waals surface area contributed by atoms with Gasteiger partial charge in [-0.05, 0) is 32.2 Å². The molecular formula is C14H23N3OS. The van der Waals surface area contributed by atoms with E-state index in [0.717, 1.165) is 36.4 Å². The largest absolute Gasteiger partial charge is 0.395 e. The molecule has 1 N–H and O–H groups in total. The van der Waals surface area contributed by atoms with Crippen molar-refractivity contribution in [2.45, 2.75) is 50.7 Å². The fraction of sp³-hybridized carbons (Fsp3) is 0.786. The molecule has 1 aliphatic carbocycles. The zero-order chi connectivity index (χ0) is 13.2. The van der Waals surface area contributed by atoms with Crippen LogP contribution in [-0.4, -0.2) is 47.3 Å². The number of aliphatic hydroxyl groups is 1. The molecule has 0 aromatic carbocycles. The SMILES string of the molecule is CN(c1nc(CN2CCCCC2CO)cs1)C1CC1. The summed E-state index contributed by atoms with van der Waals surface area (Å²) in [5, 5.41) is 12.8. The van der Waals surface area contributed by atoms with Gasteiger partial charge in [0, 0.05) is 31.1 Å². The monoisotopic (exact) mass is 281 g/mol. The molecule has 2 fully saturated rings. The van der Waals surface area contributed by atoms with E-state index >= 15 is 0 Å². The third-order valence-corrected chi connectivity index (χ3v) is 5.24. The molecule has 0 radical (unpaired) electrons. The van der Waals surface area contributed by atoms with Crippen molar-refractivity contribution in [3.63, 3.8) is 0 Å². The highest BCUT2D eigenvalue weighted by Crippen LogP contribution is 2.32. The Hall–Kier alpha value is -0.650. The van der Waals surface area contributed by atoms with Crippen LogP contribution in [0, 0.1) is 0 Å². The van der Waals surface area contributed by atoms with E-state index in [-0.39, 0.29) is 6.61 Å². The first-order chi connectivity index (χ1) is 9.28. The van der Waals surface area contributed by atoms with Crippen LogP contribution in [0.1, 0.15) is 37.8 Å². The fourth-order valence-corrected chi connectivity index (χ4v) is 3.69. The second kappa shape index (κ2) is 5.77. The van der Waals surface area contributed by atoms with Gasteiger partial charge in [-0.2, -0.15) is 0 Å². The third-order valence-electron chi connectivity index (χ3n) is 4.26. The summed E-state index contributed by atoms with van der Waals surface area (Å²) in [6.07, 6.45) is 6.23. The van der Waals surface area contributed by atoms with E-state index in [1.807, 2.05) is 0 Å². The third kappa shape index (κ3) is 3.09. The van der Waals surface area contributed by atoms with Crippen LogP contribution in [0.2, 0.25) is 0 Å². The summed E-state index contributed by atoms with van der Waals surface area (Å²) in [7, 11) is 2.15. The van der Waals surface area contributed by atoms with E-state index in [4.69, 9.17) is 4.98 Å². The Labute approximate surface area is 119 Å². The molecule has 1 aliphatic heterocycles. The molecule has 1 saturated heterocycles. The molecule has 1 atom stereocenters. The summed E-state index contributed by atoms with van der Waals surface area (Å²) in [6, 6.07) is 1.05. The van der Waals surface area contributed by atoms with Crippen LogP contribution < -0.4 is 4.90 Å². The maximum Gasteiger partial charge on any atom is 0.185 e. The van der Waals surface area contributed by atoms with Gasteiger partial charge >= 0.3 is 0 Å². The lowest BCUT2D eigenvalue weighted by atomic mass is 10.0. The molecule has 5 heteroatoms. The molecular weight excluding hydrogens is 258 g/mol. The molecule has 0 bridgehead atoms. The first-order valence-corrected chi connectivity index (χ1v) is 8.18. The Morgan fingerprint density at radius 3 is 3.00 bits per heavy atom. The van der Waals surface area contributed by atoms with Crippen LogP contribution in [0.3, 0.4) is 0 Å². The topological polar surface area (TPSA) is 39.6 Å². The minimum Gasteiger partial charge on any atom is -0.395 e. The molecule has 3 rings (SSSR count). The molecule has 2 heterocycles. The van der Waals surface area contributed by atoms with Crippen molar-refractivity contribution in [2.75, 3.05) is 25.1 Å². The van der Waals surface area contributed by atoms with Gasteiger partial charge in [0.05, 0.1) is 12.3 Å². The second-order valence-electron chi connectivity index (χ2n) is 5.77. The number of hydrogen-bond donors (Lipinski definition) is 1. The minimum absolute atomic E-state index is 0.277. The van der Waals surface area contributed by atoms with Gasteiger partial charge in [-0.1, -0.05) is 6.42 Å². The highest BCUT2D eigenvalue weighted by atomic mass is 32.1. The van der Waals surface area contributed by atoms with Gasteiger partial charge in [0.2, 0.25) is 0 Å². The summed E-state index contributed by atoms with van der Waals surface area (Å²) in [6.45, 7) is 2.26. The second-order valence-corrected chi connectivity index (χ2v) is 6.60. The van der Waals surface area contributed by atoms with Gasteiger partial charge in [-0.15, -0.1) is 11.3 Å². The first-order valence-electron chi connectivity index (χ1n) is 7.30. The number of anilines is 1. The molecule has 1 aromatic rings. The molecule has 1 aromatic heterocycles. The van der Waals surface area contributed by atoms with Crippen molar-refractivity contribution >= 4 is 16.5 Å². The molecule has 106 valence electrons. The van der Waals surface area contributed by atoms with E-state index < -0.39 is 0 Å². The van der Waals surface area contributed by atoms with E-state index in [0.29, 0.717) is 6.04 Å². The average molecular weight is 281 g/mol. The lowest BCUT2D eigenvalue weighted by Crippen LogP contribution is -2.41. The van der Waals surface area contributed by atoms with Crippen molar-refractivity contribution in [3.05, 3.63) is 11.1 Å².